The Kier molecular flexibility index (Phi) is 4.13. The summed E-state index contributed by atoms with van der Waals surface area (Å²) in [6, 6.07) is 3.84. The molecule has 2 unspecified atom stereocenters. The number of nitrogens with zero attached hydrogens (tertiary/aromatic N) is 3. The first kappa shape index (κ1) is 14.1. The molecular formula is C16H27N3O. The third-order valence-corrected chi connectivity index (χ3v) is 5.18. The minimum absolute atomic E-state index is 0.0779. The lowest BCUT2D eigenvalue weighted by Gasteiger charge is -2.36. The molecule has 1 aromatic heterocycles. The molecular weight excluding hydrogens is 250 g/mol. The van der Waals surface area contributed by atoms with E-state index in [0.29, 0.717) is 18.1 Å². The van der Waals surface area contributed by atoms with Crippen LogP contribution < -0.4 is 0 Å². The molecule has 0 radical (unpaired) electrons. The predicted molar refractivity (Wildman–Crippen MR) is 79.4 cm³/mol. The lowest BCUT2D eigenvalue weighted by atomic mass is 10.00. The molecule has 2 bridgehead atoms. The Morgan fingerprint density at radius 1 is 1.25 bits per heavy atom. The molecule has 3 rings (SSSR count). The summed E-state index contributed by atoms with van der Waals surface area (Å²) in [4.78, 5) is 2.58. The smallest absolute Gasteiger partial charge is 0.0765 e. The van der Waals surface area contributed by atoms with Crippen LogP contribution in [0.1, 0.15) is 64.1 Å². The standard InChI is InChI=1S/C16H27N3O/c1-3-13(4-2)19-8-7-12(17-19)11-18-14-5-6-15(18)10-16(20)9-14/h7-8,13-16,20H,3-6,9-11H2,1-2H3. The number of aliphatic hydroxyl groups is 1. The minimum Gasteiger partial charge on any atom is -0.393 e. The second-order valence-electron chi connectivity index (χ2n) is 6.44. The van der Waals surface area contributed by atoms with Gasteiger partial charge in [-0.1, -0.05) is 13.8 Å². The summed E-state index contributed by atoms with van der Waals surface area (Å²) >= 11 is 0. The molecule has 1 N–H and O–H groups in total. The van der Waals surface area contributed by atoms with Crippen LogP contribution in [0.5, 0.6) is 0 Å². The van der Waals surface area contributed by atoms with Crippen LogP contribution in [0.4, 0.5) is 0 Å². The van der Waals surface area contributed by atoms with Crippen LogP contribution in [0.25, 0.3) is 0 Å². The van der Waals surface area contributed by atoms with Gasteiger partial charge in [0, 0.05) is 24.8 Å². The van der Waals surface area contributed by atoms with E-state index >= 15 is 0 Å². The van der Waals surface area contributed by atoms with Crippen molar-refractivity contribution in [2.45, 2.75) is 83.1 Å². The summed E-state index contributed by atoms with van der Waals surface area (Å²) in [5.74, 6) is 0. The van der Waals surface area contributed by atoms with Crippen molar-refractivity contribution in [1.82, 2.24) is 14.7 Å². The van der Waals surface area contributed by atoms with E-state index in [1.54, 1.807) is 0 Å². The summed E-state index contributed by atoms with van der Waals surface area (Å²) < 4.78 is 2.13. The van der Waals surface area contributed by atoms with Gasteiger partial charge in [-0.3, -0.25) is 9.58 Å². The Labute approximate surface area is 121 Å². The molecule has 2 saturated heterocycles. The lowest BCUT2D eigenvalue weighted by Crippen LogP contribution is -2.44. The van der Waals surface area contributed by atoms with Gasteiger partial charge in [0.15, 0.2) is 0 Å². The van der Waals surface area contributed by atoms with E-state index in [0.717, 1.165) is 32.2 Å². The SMILES string of the molecule is CCC(CC)n1ccc(CN2C3CCC2CC(O)C3)n1. The molecule has 2 fully saturated rings. The normalized spacial score (nSPS) is 30.3. The quantitative estimate of drug-likeness (QED) is 0.899. The highest BCUT2D eigenvalue weighted by Gasteiger charge is 2.40. The number of hydrogen-bond donors (Lipinski definition) is 1. The largest absolute Gasteiger partial charge is 0.393 e. The highest BCUT2D eigenvalue weighted by Crippen LogP contribution is 2.36. The average molecular weight is 277 g/mol. The van der Waals surface area contributed by atoms with Crippen LogP contribution >= 0.6 is 0 Å². The summed E-state index contributed by atoms with van der Waals surface area (Å²) in [6.45, 7) is 5.40. The summed E-state index contributed by atoms with van der Waals surface area (Å²) in [6.07, 6.45) is 8.72. The number of aromatic nitrogens is 2. The Morgan fingerprint density at radius 2 is 1.90 bits per heavy atom. The maximum Gasteiger partial charge on any atom is 0.0765 e. The molecule has 20 heavy (non-hydrogen) atoms. The molecule has 1 aromatic rings. The Hall–Kier alpha value is -0.870. The van der Waals surface area contributed by atoms with Crippen LogP contribution in [0.2, 0.25) is 0 Å². The van der Waals surface area contributed by atoms with E-state index < -0.39 is 0 Å². The lowest BCUT2D eigenvalue weighted by molar-refractivity contribution is 0.0302. The zero-order valence-corrected chi connectivity index (χ0v) is 12.7. The van der Waals surface area contributed by atoms with Crippen molar-refractivity contribution in [1.29, 1.82) is 0 Å². The molecule has 2 aliphatic heterocycles. The van der Waals surface area contributed by atoms with E-state index in [4.69, 9.17) is 5.10 Å². The Morgan fingerprint density at radius 3 is 2.50 bits per heavy atom. The second-order valence-corrected chi connectivity index (χ2v) is 6.44. The van der Waals surface area contributed by atoms with Crippen LogP contribution in [0, 0.1) is 0 Å². The van der Waals surface area contributed by atoms with Gasteiger partial charge in [0.25, 0.3) is 0 Å². The van der Waals surface area contributed by atoms with Gasteiger partial charge < -0.3 is 5.11 Å². The first-order valence-corrected chi connectivity index (χ1v) is 8.19. The summed E-state index contributed by atoms with van der Waals surface area (Å²) in [7, 11) is 0. The maximum atomic E-state index is 9.87. The molecule has 0 spiro atoms. The van der Waals surface area contributed by atoms with E-state index in [9.17, 15) is 5.11 Å². The van der Waals surface area contributed by atoms with Gasteiger partial charge in [-0.25, -0.2) is 0 Å². The van der Waals surface area contributed by atoms with Gasteiger partial charge in [-0.05, 0) is 44.6 Å². The molecule has 0 aliphatic carbocycles. The molecule has 0 saturated carbocycles. The minimum atomic E-state index is -0.0779. The third kappa shape index (κ3) is 2.63. The number of aliphatic hydroxyl groups excluding tert-OH is 1. The van der Waals surface area contributed by atoms with Crippen molar-refractivity contribution in [3.8, 4) is 0 Å². The van der Waals surface area contributed by atoms with Crippen molar-refractivity contribution in [2.24, 2.45) is 0 Å². The second kappa shape index (κ2) is 5.86. The number of rotatable bonds is 5. The highest BCUT2D eigenvalue weighted by molar-refractivity contribution is 5.04. The van der Waals surface area contributed by atoms with Crippen molar-refractivity contribution in [3.05, 3.63) is 18.0 Å². The molecule has 4 nitrogen and oxygen atoms in total. The number of piperidine rings is 1. The van der Waals surface area contributed by atoms with Gasteiger partial charge in [0.1, 0.15) is 0 Å². The van der Waals surface area contributed by atoms with E-state index in [2.05, 4.69) is 35.7 Å². The topological polar surface area (TPSA) is 41.3 Å². The van der Waals surface area contributed by atoms with Gasteiger partial charge in [-0.2, -0.15) is 5.10 Å². The van der Waals surface area contributed by atoms with Crippen LogP contribution in [0.3, 0.4) is 0 Å². The van der Waals surface area contributed by atoms with E-state index in [1.165, 1.54) is 18.5 Å². The third-order valence-electron chi connectivity index (χ3n) is 5.18. The molecule has 0 aromatic carbocycles. The molecule has 3 heterocycles. The van der Waals surface area contributed by atoms with Gasteiger partial charge in [-0.15, -0.1) is 0 Å². The molecule has 2 atom stereocenters. The van der Waals surface area contributed by atoms with Crippen LogP contribution in [-0.2, 0) is 6.54 Å². The number of hydrogen-bond acceptors (Lipinski definition) is 3. The fourth-order valence-electron chi connectivity index (χ4n) is 4.02. The monoisotopic (exact) mass is 277 g/mol. The van der Waals surface area contributed by atoms with Crippen molar-refractivity contribution in [2.75, 3.05) is 0 Å². The summed E-state index contributed by atoms with van der Waals surface area (Å²) in [5, 5.41) is 14.6. The van der Waals surface area contributed by atoms with Gasteiger partial charge in [0.05, 0.1) is 17.8 Å². The predicted octanol–water partition coefficient (Wildman–Crippen LogP) is 2.73. The van der Waals surface area contributed by atoms with Crippen LogP contribution in [-0.4, -0.2) is 38.0 Å². The molecule has 112 valence electrons. The maximum absolute atomic E-state index is 9.87. The van der Waals surface area contributed by atoms with Crippen molar-refractivity contribution in [3.63, 3.8) is 0 Å². The van der Waals surface area contributed by atoms with E-state index in [1.807, 2.05) is 0 Å². The zero-order valence-electron chi connectivity index (χ0n) is 12.7. The molecule has 4 heteroatoms. The van der Waals surface area contributed by atoms with Gasteiger partial charge in [0.2, 0.25) is 0 Å². The van der Waals surface area contributed by atoms with Crippen molar-refractivity contribution >= 4 is 0 Å². The van der Waals surface area contributed by atoms with Crippen molar-refractivity contribution < 1.29 is 5.11 Å². The Balaban J connectivity index is 1.67. The number of fused-ring (bicyclic) bond motifs is 2. The molecule has 2 aliphatic rings. The van der Waals surface area contributed by atoms with E-state index in [-0.39, 0.29) is 6.10 Å². The molecule has 0 amide bonds. The zero-order chi connectivity index (χ0) is 14.1. The first-order valence-electron chi connectivity index (χ1n) is 8.19. The highest BCUT2D eigenvalue weighted by atomic mass is 16.3. The fourth-order valence-corrected chi connectivity index (χ4v) is 4.02. The summed E-state index contributed by atoms with van der Waals surface area (Å²) in [5.41, 5.74) is 1.19. The first-order chi connectivity index (χ1) is 9.71. The van der Waals surface area contributed by atoms with Gasteiger partial charge >= 0.3 is 0 Å². The van der Waals surface area contributed by atoms with Crippen LogP contribution in [0.15, 0.2) is 12.3 Å². The fraction of sp³-hybridized carbons (Fsp3) is 0.812. The average Bonchev–Trinajstić information content (AvgIpc) is 2.97. The Bertz CT molecular complexity index is 427.